The number of halogens is 1. The molecule has 4 heteroatoms. The monoisotopic (exact) mass is 286 g/mol. The van der Waals surface area contributed by atoms with Gasteiger partial charge in [-0.25, -0.2) is 4.39 Å². The van der Waals surface area contributed by atoms with E-state index >= 15 is 0 Å². The van der Waals surface area contributed by atoms with Gasteiger partial charge in [-0.1, -0.05) is 37.3 Å². The first-order valence-electron chi connectivity index (χ1n) is 6.96. The van der Waals surface area contributed by atoms with Crippen LogP contribution in [0, 0.1) is 5.82 Å². The topological polar surface area (TPSA) is 55.1 Å². The Bertz CT molecular complexity index is 613. The molecule has 1 atom stereocenters. The van der Waals surface area contributed by atoms with Gasteiger partial charge in [0, 0.05) is 12.1 Å². The second-order valence-electron chi connectivity index (χ2n) is 5.09. The molecule has 0 aliphatic rings. The largest absolute Gasteiger partial charge is 0.396 e. The number of anilines is 1. The minimum Gasteiger partial charge on any atom is -0.396 e. The van der Waals surface area contributed by atoms with Gasteiger partial charge in [0.25, 0.3) is 5.91 Å². The average molecular weight is 286 g/mol. The third-order valence-electron chi connectivity index (χ3n) is 3.49. The summed E-state index contributed by atoms with van der Waals surface area (Å²) in [4.78, 5) is 11.9. The summed E-state index contributed by atoms with van der Waals surface area (Å²) >= 11 is 0. The van der Waals surface area contributed by atoms with Crippen LogP contribution in [0.1, 0.15) is 35.2 Å². The van der Waals surface area contributed by atoms with Gasteiger partial charge < -0.3 is 11.1 Å². The Morgan fingerprint density at radius 2 is 1.95 bits per heavy atom. The van der Waals surface area contributed by atoms with E-state index in [4.69, 9.17) is 5.73 Å². The maximum Gasteiger partial charge on any atom is 0.251 e. The van der Waals surface area contributed by atoms with Crippen molar-refractivity contribution in [3.05, 3.63) is 65.5 Å². The molecule has 0 spiro atoms. The predicted octanol–water partition coefficient (Wildman–Crippen LogP) is 3.33. The molecule has 0 saturated heterocycles. The molecule has 1 amide bonds. The van der Waals surface area contributed by atoms with Gasteiger partial charge in [0.15, 0.2) is 0 Å². The Balaban J connectivity index is 1.85. The summed E-state index contributed by atoms with van der Waals surface area (Å²) in [6, 6.07) is 14.2. The quantitative estimate of drug-likeness (QED) is 0.828. The minimum atomic E-state index is -0.569. The van der Waals surface area contributed by atoms with Crippen LogP contribution in [-0.4, -0.2) is 12.5 Å². The van der Waals surface area contributed by atoms with Crippen LogP contribution < -0.4 is 11.1 Å². The highest BCUT2D eigenvalue weighted by atomic mass is 19.1. The molecule has 0 aliphatic carbocycles. The van der Waals surface area contributed by atoms with Crippen molar-refractivity contribution >= 4 is 11.6 Å². The van der Waals surface area contributed by atoms with Crippen molar-refractivity contribution in [2.75, 3.05) is 12.3 Å². The predicted molar refractivity (Wildman–Crippen MR) is 82.6 cm³/mol. The zero-order valence-electron chi connectivity index (χ0n) is 12.0. The lowest BCUT2D eigenvalue weighted by molar-refractivity contribution is 0.0952. The Labute approximate surface area is 124 Å². The van der Waals surface area contributed by atoms with E-state index in [0.717, 1.165) is 12.5 Å². The van der Waals surface area contributed by atoms with Crippen molar-refractivity contribution in [3.8, 4) is 0 Å². The van der Waals surface area contributed by atoms with Crippen molar-refractivity contribution in [1.29, 1.82) is 0 Å². The standard InChI is InChI=1S/C17H19FN2O/c1-12(13-5-3-2-4-6-13)9-10-20-17(21)14-7-8-16(19)15(18)11-14/h2-8,11-12H,9-10,19H2,1H3,(H,20,21). The second kappa shape index (κ2) is 6.88. The van der Waals surface area contributed by atoms with E-state index in [-0.39, 0.29) is 17.2 Å². The van der Waals surface area contributed by atoms with Crippen molar-refractivity contribution in [2.24, 2.45) is 0 Å². The highest BCUT2D eigenvalue weighted by molar-refractivity contribution is 5.94. The van der Waals surface area contributed by atoms with Crippen molar-refractivity contribution < 1.29 is 9.18 Å². The maximum atomic E-state index is 13.3. The number of nitrogens with one attached hydrogen (secondary N) is 1. The first kappa shape index (κ1) is 15.0. The van der Waals surface area contributed by atoms with Crippen molar-refractivity contribution in [3.63, 3.8) is 0 Å². The number of rotatable bonds is 5. The normalized spacial score (nSPS) is 11.9. The average Bonchev–Trinajstić information content (AvgIpc) is 2.50. The molecule has 110 valence electrons. The Kier molecular flexibility index (Phi) is 4.93. The number of carbonyl (C=O) groups is 1. The minimum absolute atomic E-state index is 0.0456. The molecule has 0 radical (unpaired) electrons. The Hall–Kier alpha value is -2.36. The van der Waals surface area contributed by atoms with Gasteiger partial charge in [-0.2, -0.15) is 0 Å². The number of hydrogen-bond donors (Lipinski definition) is 2. The summed E-state index contributed by atoms with van der Waals surface area (Å²) in [6.07, 6.45) is 0.827. The summed E-state index contributed by atoms with van der Waals surface area (Å²) < 4.78 is 13.3. The summed E-state index contributed by atoms with van der Waals surface area (Å²) in [6.45, 7) is 2.66. The van der Waals surface area contributed by atoms with E-state index in [1.165, 1.54) is 17.7 Å². The Morgan fingerprint density at radius 3 is 2.62 bits per heavy atom. The first-order chi connectivity index (χ1) is 10.1. The van der Waals surface area contributed by atoms with Crippen molar-refractivity contribution in [2.45, 2.75) is 19.3 Å². The van der Waals surface area contributed by atoms with Crippen LogP contribution in [0.4, 0.5) is 10.1 Å². The number of benzene rings is 2. The molecule has 0 aromatic heterocycles. The third kappa shape index (κ3) is 4.05. The fraction of sp³-hybridized carbons (Fsp3) is 0.235. The zero-order chi connectivity index (χ0) is 15.2. The molecule has 3 N–H and O–H groups in total. The fourth-order valence-electron chi connectivity index (χ4n) is 2.12. The summed E-state index contributed by atoms with van der Waals surface area (Å²) in [5, 5.41) is 2.80. The number of amides is 1. The first-order valence-corrected chi connectivity index (χ1v) is 6.96. The van der Waals surface area contributed by atoms with E-state index in [2.05, 4.69) is 24.4 Å². The molecule has 1 unspecified atom stereocenters. The number of nitrogens with two attached hydrogens (primary N) is 1. The molecule has 3 nitrogen and oxygen atoms in total. The fourth-order valence-corrected chi connectivity index (χ4v) is 2.12. The number of carbonyl (C=O) groups excluding carboxylic acids is 1. The molecule has 2 aromatic rings. The van der Waals surface area contributed by atoms with Crippen LogP contribution in [0.25, 0.3) is 0 Å². The summed E-state index contributed by atoms with van der Waals surface area (Å²) in [5.41, 5.74) is 6.96. The summed E-state index contributed by atoms with van der Waals surface area (Å²) in [7, 11) is 0. The molecular formula is C17H19FN2O. The van der Waals surface area contributed by atoms with E-state index < -0.39 is 5.82 Å². The molecule has 0 fully saturated rings. The van der Waals surface area contributed by atoms with Gasteiger partial charge in [-0.05, 0) is 36.1 Å². The number of nitrogen functional groups attached to an aromatic ring is 1. The second-order valence-corrected chi connectivity index (χ2v) is 5.09. The lowest BCUT2D eigenvalue weighted by Crippen LogP contribution is -2.25. The molecule has 2 aromatic carbocycles. The zero-order valence-corrected chi connectivity index (χ0v) is 12.0. The smallest absolute Gasteiger partial charge is 0.251 e. The van der Waals surface area contributed by atoms with Crippen LogP contribution >= 0.6 is 0 Å². The van der Waals surface area contributed by atoms with Gasteiger partial charge in [0.1, 0.15) is 5.82 Å². The lowest BCUT2D eigenvalue weighted by Gasteiger charge is -2.12. The van der Waals surface area contributed by atoms with E-state index in [9.17, 15) is 9.18 Å². The van der Waals surface area contributed by atoms with Crippen LogP contribution in [0.5, 0.6) is 0 Å². The molecular weight excluding hydrogens is 267 g/mol. The lowest BCUT2D eigenvalue weighted by atomic mass is 9.98. The molecule has 0 heterocycles. The van der Waals surface area contributed by atoms with Gasteiger partial charge >= 0.3 is 0 Å². The molecule has 0 saturated carbocycles. The highest BCUT2D eigenvalue weighted by Crippen LogP contribution is 2.17. The van der Waals surface area contributed by atoms with Gasteiger partial charge in [0.05, 0.1) is 5.69 Å². The van der Waals surface area contributed by atoms with E-state index in [1.54, 1.807) is 0 Å². The van der Waals surface area contributed by atoms with E-state index in [1.807, 2.05) is 18.2 Å². The van der Waals surface area contributed by atoms with E-state index in [0.29, 0.717) is 12.5 Å². The number of hydrogen-bond acceptors (Lipinski definition) is 2. The van der Waals surface area contributed by atoms with Crippen LogP contribution in [0.3, 0.4) is 0 Å². The van der Waals surface area contributed by atoms with Gasteiger partial charge in [0.2, 0.25) is 0 Å². The highest BCUT2D eigenvalue weighted by Gasteiger charge is 2.09. The maximum absolute atomic E-state index is 13.3. The van der Waals surface area contributed by atoms with Crippen LogP contribution in [0.2, 0.25) is 0 Å². The molecule has 2 rings (SSSR count). The molecule has 21 heavy (non-hydrogen) atoms. The van der Waals surface area contributed by atoms with Gasteiger partial charge in [-0.15, -0.1) is 0 Å². The summed E-state index contributed by atoms with van der Waals surface area (Å²) in [5.74, 6) is -0.496. The third-order valence-corrected chi connectivity index (χ3v) is 3.49. The van der Waals surface area contributed by atoms with Crippen molar-refractivity contribution in [1.82, 2.24) is 5.32 Å². The van der Waals surface area contributed by atoms with Gasteiger partial charge in [-0.3, -0.25) is 4.79 Å². The van der Waals surface area contributed by atoms with Crippen LogP contribution in [0.15, 0.2) is 48.5 Å². The molecule has 0 bridgehead atoms. The molecule has 0 aliphatic heterocycles. The SMILES string of the molecule is CC(CCNC(=O)c1ccc(N)c(F)c1)c1ccccc1. The Morgan fingerprint density at radius 1 is 1.24 bits per heavy atom. The van der Waals surface area contributed by atoms with Crippen LogP contribution in [-0.2, 0) is 0 Å².